The van der Waals surface area contributed by atoms with E-state index in [9.17, 15) is 4.79 Å². The molecule has 150 valence electrons. The summed E-state index contributed by atoms with van der Waals surface area (Å²) in [5.41, 5.74) is 2.48. The average molecular weight is 394 g/mol. The van der Waals surface area contributed by atoms with Crippen LogP contribution in [0.3, 0.4) is 0 Å². The summed E-state index contributed by atoms with van der Waals surface area (Å²) < 4.78 is 21.7. The number of methoxy groups -OCH3 is 2. The number of ether oxygens (including phenoxy) is 3. The Morgan fingerprint density at radius 3 is 2.86 bits per heavy atom. The number of para-hydroxylation sites is 1. The number of rotatable bonds is 6. The van der Waals surface area contributed by atoms with Crippen LogP contribution < -0.4 is 19.5 Å². The summed E-state index contributed by atoms with van der Waals surface area (Å²) >= 11 is 0. The Labute approximate surface area is 168 Å². The predicted molar refractivity (Wildman–Crippen MR) is 106 cm³/mol. The molecule has 4 rings (SSSR count). The van der Waals surface area contributed by atoms with Crippen LogP contribution in [0.25, 0.3) is 11.3 Å². The third kappa shape index (κ3) is 4.03. The molecule has 0 radical (unpaired) electrons. The Kier molecular flexibility index (Phi) is 5.37. The van der Waals surface area contributed by atoms with Crippen LogP contribution in [-0.2, 0) is 17.8 Å². The van der Waals surface area contributed by atoms with Crippen molar-refractivity contribution in [2.45, 2.75) is 13.0 Å². The van der Waals surface area contributed by atoms with E-state index in [0.717, 1.165) is 22.6 Å². The van der Waals surface area contributed by atoms with Crippen molar-refractivity contribution in [1.82, 2.24) is 10.5 Å². The van der Waals surface area contributed by atoms with Crippen LogP contribution in [0.2, 0.25) is 0 Å². The first-order valence-corrected chi connectivity index (χ1v) is 9.34. The van der Waals surface area contributed by atoms with Crippen molar-refractivity contribution in [2.24, 2.45) is 5.92 Å². The van der Waals surface area contributed by atoms with E-state index < -0.39 is 0 Å². The molecular weight excluding hydrogens is 372 g/mol. The number of fused-ring (bicyclic) bond motifs is 1. The third-order valence-corrected chi connectivity index (χ3v) is 4.90. The molecule has 1 aliphatic rings. The number of benzene rings is 2. The number of carbonyl (C=O) groups excluding carboxylic acids is 1. The van der Waals surface area contributed by atoms with Gasteiger partial charge in [-0.05, 0) is 30.2 Å². The molecule has 2 heterocycles. The molecule has 1 amide bonds. The summed E-state index contributed by atoms with van der Waals surface area (Å²) in [7, 11) is 3.22. The minimum absolute atomic E-state index is 0.0793. The number of carbonyl (C=O) groups is 1. The van der Waals surface area contributed by atoms with Crippen LogP contribution in [0, 0.1) is 5.92 Å². The lowest BCUT2D eigenvalue weighted by molar-refractivity contribution is -0.126. The fourth-order valence-corrected chi connectivity index (χ4v) is 3.35. The Balaban J connectivity index is 1.37. The van der Waals surface area contributed by atoms with Gasteiger partial charge in [-0.15, -0.1) is 0 Å². The number of amides is 1. The minimum atomic E-state index is -0.264. The van der Waals surface area contributed by atoms with E-state index in [1.165, 1.54) is 0 Å². The van der Waals surface area contributed by atoms with E-state index in [-0.39, 0.29) is 18.4 Å². The minimum Gasteiger partial charge on any atom is -0.497 e. The first kappa shape index (κ1) is 18.9. The normalized spacial score (nSPS) is 15.2. The summed E-state index contributed by atoms with van der Waals surface area (Å²) in [4.78, 5) is 12.6. The van der Waals surface area contributed by atoms with E-state index in [4.69, 9.17) is 18.7 Å². The number of aromatic nitrogens is 1. The fourth-order valence-electron chi connectivity index (χ4n) is 3.35. The largest absolute Gasteiger partial charge is 0.497 e. The van der Waals surface area contributed by atoms with E-state index in [0.29, 0.717) is 30.2 Å². The molecule has 0 saturated heterocycles. The van der Waals surface area contributed by atoms with Crippen LogP contribution in [0.1, 0.15) is 11.3 Å². The Bertz CT molecular complexity index is 1010. The summed E-state index contributed by atoms with van der Waals surface area (Å²) in [6.07, 6.45) is 0.603. The standard InChI is InChI=1S/C22H22N2O5/c1-26-18-7-3-5-14(10-18)20-11-17(24-29-20)12-23-22(25)16-9-15-6-4-8-19(27-2)21(15)28-13-16/h3-8,10-11,16H,9,12-13H2,1-2H3,(H,23,25). The molecule has 2 aromatic carbocycles. The molecule has 29 heavy (non-hydrogen) atoms. The van der Waals surface area contributed by atoms with Crippen LogP contribution in [-0.4, -0.2) is 31.9 Å². The maximum absolute atomic E-state index is 12.6. The molecule has 1 aromatic heterocycles. The lowest BCUT2D eigenvalue weighted by Gasteiger charge is -2.25. The van der Waals surface area contributed by atoms with Gasteiger partial charge in [-0.25, -0.2) is 0 Å². The summed E-state index contributed by atoms with van der Waals surface area (Å²) in [5.74, 6) is 2.43. The zero-order valence-electron chi connectivity index (χ0n) is 16.3. The van der Waals surface area contributed by atoms with Gasteiger partial charge in [0.2, 0.25) is 5.91 Å². The summed E-state index contributed by atoms with van der Waals surface area (Å²) in [6.45, 7) is 0.598. The highest BCUT2D eigenvalue weighted by atomic mass is 16.5. The molecule has 1 atom stereocenters. The number of nitrogens with zero attached hydrogens (tertiary/aromatic N) is 1. The monoisotopic (exact) mass is 394 g/mol. The predicted octanol–water partition coefficient (Wildman–Crippen LogP) is 3.23. The molecule has 0 bridgehead atoms. The van der Waals surface area contributed by atoms with Gasteiger partial charge < -0.3 is 24.1 Å². The van der Waals surface area contributed by atoms with Crippen molar-refractivity contribution in [3.63, 3.8) is 0 Å². The number of hydrogen-bond donors (Lipinski definition) is 1. The number of hydrogen-bond acceptors (Lipinski definition) is 6. The molecule has 0 aliphatic carbocycles. The highest BCUT2D eigenvalue weighted by Gasteiger charge is 2.27. The summed E-state index contributed by atoms with van der Waals surface area (Å²) in [5, 5.41) is 6.96. The molecular formula is C22H22N2O5. The Morgan fingerprint density at radius 1 is 1.17 bits per heavy atom. The first-order valence-electron chi connectivity index (χ1n) is 9.34. The van der Waals surface area contributed by atoms with E-state index in [1.807, 2.05) is 48.5 Å². The third-order valence-electron chi connectivity index (χ3n) is 4.90. The van der Waals surface area contributed by atoms with Crippen molar-refractivity contribution < 1.29 is 23.5 Å². The topological polar surface area (TPSA) is 82.8 Å². The second-order valence-electron chi connectivity index (χ2n) is 6.79. The van der Waals surface area contributed by atoms with Crippen molar-refractivity contribution in [2.75, 3.05) is 20.8 Å². The molecule has 7 heteroatoms. The molecule has 0 spiro atoms. The van der Waals surface area contributed by atoms with Crippen molar-refractivity contribution >= 4 is 5.91 Å². The lowest BCUT2D eigenvalue weighted by Crippen LogP contribution is -2.37. The van der Waals surface area contributed by atoms with Crippen molar-refractivity contribution in [1.29, 1.82) is 0 Å². The molecule has 0 fully saturated rings. The van der Waals surface area contributed by atoms with Gasteiger partial charge in [0.1, 0.15) is 18.1 Å². The van der Waals surface area contributed by atoms with Crippen LogP contribution >= 0.6 is 0 Å². The van der Waals surface area contributed by atoms with Crippen molar-refractivity contribution in [3.8, 4) is 28.6 Å². The SMILES string of the molecule is COc1cccc(-c2cc(CNC(=O)C3COc4c(cccc4OC)C3)no2)c1. The average Bonchev–Trinajstić information content (AvgIpc) is 3.25. The summed E-state index contributed by atoms with van der Waals surface area (Å²) in [6, 6.07) is 15.0. The van der Waals surface area contributed by atoms with Crippen LogP contribution in [0.4, 0.5) is 0 Å². The van der Waals surface area contributed by atoms with Gasteiger partial charge in [0.25, 0.3) is 0 Å². The quantitative estimate of drug-likeness (QED) is 0.691. The molecule has 7 nitrogen and oxygen atoms in total. The zero-order valence-corrected chi connectivity index (χ0v) is 16.3. The Hall–Kier alpha value is -3.48. The highest BCUT2D eigenvalue weighted by Crippen LogP contribution is 2.36. The first-order chi connectivity index (χ1) is 14.2. The van der Waals surface area contributed by atoms with Crippen LogP contribution in [0.15, 0.2) is 53.1 Å². The second kappa shape index (κ2) is 8.26. The molecule has 1 N–H and O–H groups in total. The lowest BCUT2D eigenvalue weighted by atomic mass is 9.95. The van der Waals surface area contributed by atoms with E-state index >= 15 is 0 Å². The van der Waals surface area contributed by atoms with Gasteiger partial charge in [0.15, 0.2) is 17.3 Å². The number of nitrogens with one attached hydrogen (secondary N) is 1. The second-order valence-corrected chi connectivity index (χ2v) is 6.79. The van der Waals surface area contributed by atoms with Gasteiger partial charge in [-0.1, -0.05) is 29.4 Å². The van der Waals surface area contributed by atoms with Crippen LogP contribution in [0.5, 0.6) is 17.2 Å². The smallest absolute Gasteiger partial charge is 0.227 e. The molecule has 1 unspecified atom stereocenters. The van der Waals surface area contributed by atoms with E-state index in [1.54, 1.807) is 14.2 Å². The van der Waals surface area contributed by atoms with E-state index in [2.05, 4.69) is 10.5 Å². The van der Waals surface area contributed by atoms with Crippen molar-refractivity contribution in [3.05, 3.63) is 59.8 Å². The molecule has 3 aromatic rings. The van der Waals surface area contributed by atoms with Gasteiger partial charge in [0.05, 0.1) is 26.7 Å². The van der Waals surface area contributed by atoms with Gasteiger partial charge >= 0.3 is 0 Å². The van der Waals surface area contributed by atoms with Gasteiger partial charge in [0, 0.05) is 11.6 Å². The molecule has 0 saturated carbocycles. The molecule has 1 aliphatic heterocycles. The maximum atomic E-state index is 12.6. The maximum Gasteiger partial charge on any atom is 0.227 e. The zero-order chi connectivity index (χ0) is 20.2. The highest BCUT2D eigenvalue weighted by molar-refractivity contribution is 5.79. The van der Waals surface area contributed by atoms with Gasteiger partial charge in [-0.3, -0.25) is 4.79 Å². The van der Waals surface area contributed by atoms with Gasteiger partial charge in [-0.2, -0.15) is 0 Å². The Morgan fingerprint density at radius 2 is 2.03 bits per heavy atom. The fraction of sp³-hybridized carbons (Fsp3) is 0.273.